The first-order valence-electron chi connectivity index (χ1n) is 5.12. The minimum Gasteiger partial charge on any atom is -0.399 e. The third kappa shape index (κ3) is 1.72. The van der Waals surface area contributed by atoms with Crippen LogP contribution in [-0.4, -0.2) is 22.6 Å². The molecule has 4 N–H and O–H groups in total. The molecule has 92 valence electrons. The number of rotatable bonds is 2. The highest BCUT2D eigenvalue weighted by atomic mass is 32.2. The van der Waals surface area contributed by atoms with E-state index in [9.17, 15) is 8.42 Å². The minimum absolute atomic E-state index is 0.0423. The number of aromatic nitrogens is 2. The van der Waals surface area contributed by atoms with Crippen LogP contribution >= 0.6 is 0 Å². The smallest absolute Gasteiger partial charge is 0.244 e. The predicted molar refractivity (Wildman–Crippen MR) is 68.0 cm³/mol. The lowest BCUT2D eigenvalue weighted by atomic mass is 10.3. The van der Waals surface area contributed by atoms with Crippen LogP contribution in [0.2, 0.25) is 0 Å². The highest BCUT2D eigenvalue weighted by Crippen LogP contribution is 2.23. The van der Waals surface area contributed by atoms with Crippen LogP contribution in [0.5, 0.6) is 0 Å². The molecular formula is C10H14N4O2S. The van der Waals surface area contributed by atoms with Crippen molar-refractivity contribution in [3.8, 4) is 0 Å². The topological polar surface area (TPSA) is 104 Å². The highest BCUT2D eigenvalue weighted by molar-refractivity contribution is 7.90. The van der Waals surface area contributed by atoms with Gasteiger partial charge >= 0.3 is 0 Å². The van der Waals surface area contributed by atoms with Crippen molar-refractivity contribution in [1.82, 2.24) is 8.96 Å². The van der Waals surface area contributed by atoms with Crippen LogP contribution in [0.4, 0.5) is 11.6 Å². The summed E-state index contributed by atoms with van der Waals surface area (Å²) in [5.74, 6) is -0.0423. The van der Waals surface area contributed by atoms with E-state index in [0.717, 1.165) is 3.97 Å². The van der Waals surface area contributed by atoms with Crippen molar-refractivity contribution in [3.63, 3.8) is 0 Å². The molecule has 1 aromatic carbocycles. The van der Waals surface area contributed by atoms with Gasteiger partial charge in [-0.3, -0.25) is 0 Å². The molecular weight excluding hydrogens is 240 g/mol. The van der Waals surface area contributed by atoms with E-state index >= 15 is 0 Å². The molecule has 1 aromatic heterocycles. The SMILES string of the molecule is CC(C)S(=O)(=O)n1c(N)nc2ccc(N)cc21. The summed E-state index contributed by atoms with van der Waals surface area (Å²) >= 11 is 0. The van der Waals surface area contributed by atoms with Gasteiger partial charge in [0.2, 0.25) is 16.0 Å². The summed E-state index contributed by atoms with van der Waals surface area (Å²) in [5, 5.41) is -0.580. The number of fused-ring (bicyclic) bond motifs is 1. The zero-order valence-electron chi connectivity index (χ0n) is 9.58. The van der Waals surface area contributed by atoms with E-state index in [1.54, 1.807) is 32.0 Å². The van der Waals surface area contributed by atoms with Gasteiger partial charge in [-0.1, -0.05) is 0 Å². The third-order valence-corrected chi connectivity index (χ3v) is 4.60. The average molecular weight is 254 g/mol. The standard InChI is InChI=1S/C10H14N4O2S/c1-6(2)17(15,16)14-9-5-7(11)3-4-8(9)13-10(14)12/h3-6H,11H2,1-2H3,(H2,12,13). The van der Waals surface area contributed by atoms with E-state index in [0.29, 0.717) is 16.7 Å². The molecule has 2 rings (SSSR count). The largest absolute Gasteiger partial charge is 0.399 e. The summed E-state index contributed by atoms with van der Waals surface area (Å²) in [6, 6.07) is 4.85. The number of nitrogens with zero attached hydrogens (tertiary/aromatic N) is 2. The Morgan fingerprint density at radius 2 is 1.94 bits per heavy atom. The number of nitrogen functional groups attached to an aromatic ring is 2. The Labute approximate surface area is 99.3 Å². The summed E-state index contributed by atoms with van der Waals surface area (Å²) < 4.78 is 25.3. The van der Waals surface area contributed by atoms with Crippen molar-refractivity contribution >= 4 is 32.7 Å². The Morgan fingerprint density at radius 3 is 2.53 bits per heavy atom. The lowest BCUT2D eigenvalue weighted by Crippen LogP contribution is -2.23. The molecule has 0 spiro atoms. The zero-order valence-corrected chi connectivity index (χ0v) is 10.4. The molecule has 0 bridgehead atoms. The van der Waals surface area contributed by atoms with Crippen LogP contribution in [0.25, 0.3) is 11.0 Å². The molecule has 0 amide bonds. The second kappa shape index (κ2) is 3.63. The number of anilines is 2. The second-order valence-electron chi connectivity index (χ2n) is 4.08. The fourth-order valence-electron chi connectivity index (χ4n) is 1.57. The molecule has 6 nitrogen and oxygen atoms in total. The van der Waals surface area contributed by atoms with E-state index < -0.39 is 15.3 Å². The maximum Gasteiger partial charge on any atom is 0.244 e. The van der Waals surface area contributed by atoms with Crippen LogP contribution in [0.15, 0.2) is 18.2 Å². The van der Waals surface area contributed by atoms with Gasteiger partial charge in [-0.15, -0.1) is 0 Å². The molecule has 17 heavy (non-hydrogen) atoms. The maximum atomic E-state index is 12.1. The van der Waals surface area contributed by atoms with Crippen molar-refractivity contribution < 1.29 is 8.42 Å². The van der Waals surface area contributed by atoms with Gasteiger partial charge < -0.3 is 11.5 Å². The van der Waals surface area contributed by atoms with E-state index in [1.807, 2.05) is 0 Å². The highest BCUT2D eigenvalue weighted by Gasteiger charge is 2.24. The minimum atomic E-state index is -3.53. The molecule has 2 aromatic rings. The summed E-state index contributed by atoms with van der Waals surface area (Å²) in [7, 11) is -3.53. The summed E-state index contributed by atoms with van der Waals surface area (Å²) in [6.07, 6.45) is 0. The molecule has 0 saturated heterocycles. The van der Waals surface area contributed by atoms with Crippen LogP contribution < -0.4 is 11.5 Å². The number of imidazole rings is 1. The van der Waals surface area contributed by atoms with E-state index in [1.165, 1.54) is 0 Å². The van der Waals surface area contributed by atoms with E-state index in [2.05, 4.69) is 4.98 Å². The Kier molecular flexibility index (Phi) is 2.50. The number of hydrogen-bond acceptors (Lipinski definition) is 5. The molecule has 0 aliphatic heterocycles. The Balaban J connectivity index is 2.86. The van der Waals surface area contributed by atoms with Gasteiger partial charge in [0, 0.05) is 5.69 Å². The van der Waals surface area contributed by atoms with Gasteiger partial charge in [-0.05, 0) is 32.0 Å². The molecule has 7 heteroatoms. The summed E-state index contributed by atoms with van der Waals surface area (Å²) in [4.78, 5) is 4.01. The van der Waals surface area contributed by atoms with Crippen molar-refractivity contribution in [2.24, 2.45) is 0 Å². The molecule has 1 heterocycles. The summed E-state index contributed by atoms with van der Waals surface area (Å²) in [6.45, 7) is 3.18. The van der Waals surface area contributed by atoms with Gasteiger partial charge in [0.15, 0.2) is 0 Å². The van der Waals surface area contributed by atoms with Crippen molar-refractivity contribution in [2.45, 2.75) is 19.1 Å². The molecule has 0 fully saturated rings. The van der Waals surface area contributed by atoms with Crippen LogP contribution in [0.3, 0.4) is 0 Å². The molecule has 0 atom stereocenters. The van der Waals surface area contributed by atoms with Gasteiger partial charge in [-0.2, -0.15) is 0 Å². The monoisotopic (exact) mass is 254 g/mol. The Morgan fingerprint density at radius 1 is 1.29 bits per heavy atom. The number of benzene rings is 1. The lowest BCUT2D eigenvalue weighted by molar-refractivity contribution is 0.580. The Hall–Kier alpha value is -1.76. The van der Waals surface area contributed by atoms with Gasteiger partial charge in [0.05, 0.1) is 16.3 Å². The fourth-order valence-corrected chi connectivity index (χ4v) is 2.71. The quantitative estimate of drug-likeness (QED) is 0.771. The second-order valence-corrected chi connectivity index (χ2v) is 6.41. The predicted octanol–water partition coefficient (Wildman–Crippen LogP) is 0.787. The molecule has 0 aliphatic carbocycles. The number of hydrogen-bond donors (Lipinski definition) is 2. The molecule has 0 unspecified atom stereocenters. The zero-order chi connectivity index (χ0) is 12.8. The normalized spacial score (nSPS) is 12.4. The maximum absolute atomic E-state index is 12.1. The van der Waals surface area contributed by atoms with Crippen molar-refractivity contribution in [1.29, 1.82) is 0 Å². The molecule has 0 aliphatic rings. The Bertz CT molecular complexity index is 673. The van der Waals surface area contributed by atoms with E-state index in [-0.39, 0.29) is 5.95 Å². The van der Waals surface area contributed by atoms with E-state index in [4.69, 9.17) is 11.5 Å². The molecule has 0 radical (unpaired) electrons. The first kappa shape index (κ1) is 11.7. The first-order chi connectivity index (χ1) is 7.84. The lowest BCUT2D eigenvalue weighted by Gasteiger charge is -2.11. The third-order valence-electron chi connectivity index (χ3n) is 2.51. The van der Waals surface area contributed by atoms with Crippen molar-refractivity contribution in [3.05, 3.63) is 18.2 Å². The first-order valence-corrected chi connectivity index (χ1v) is 6.62. The van der Waals surface area contributed by atoms with Crippen LogP contribution in [0.1, 0.15) is 13.8 Å². The van der Waals surface area contributed by atoms with Crippen LogP contribution in [0, 0.1) is 0 Å². The van der Waals surface area contributed by atoms with Gasteiger partial charge in [-0.25, -0.2) is 17.4 Å². The van der Waals surface area contributed by atoms with Gasteiger partial charge in [0.25, 0.3) is 0 Å². The van der Waals surface area contributed by atoms with Gasteiger partial charge in [0.1, 0.15) is 0 Å². The summed E-state index contributed by atoms with van der Waals surface area (Å²) in [5.41, 5.74) is 12.7. The fraction of sp³-hybridized carbons (Fsp3) is 0.300. The molecule has 0 saturated carbocycles. The van der Waals surface area contributed by atoms with Crippen LogP contribution in [-0.2, 0) is 10.0 Å². The van der Waals surface area contributed by atoms with Crippen molar-refractivity contribution in [2.75, 3.05) is 11.5 Å². The average Bonchev–Trinajstić information content (AvgIpc) is 2.53. The number of nitrogens with two attached hydrogens (primary N) is 2.